The van der Waals surface area contributed by atoms with Crippen LogP contribution in [0, 0.1) is 20.8 Å². The summed E-state index contributed by atoms with van der Waals surface area (Å²) in [5.74, 6) is -0.325. The molecule has 0 aromatic heterocycles. The van der Waals surface area contributed by atoms with Crippen molar-refractivity contribution in [1.29, 1.82) is 0 Å². The molecule has 1 atom stereocenters. The summed E-state index contributed by atoms with van der Waals surface area (Å²) in [6.45, 7) is 7.50. The molecule has 6 heteroatoms. The van der Waals surface area contributed by atoms with Crippen LogP contribution in [0.1, 0.15) is 45.6 Å². The molecule has 3 rings (SSSR count). The highest BCUT2D eigenvalue weighted by atomic mass is 32.2. The molecule has 2 N–H and O–H groups in total. The first kappa shape index (κ1) is 21.6. The lowest BCUT2D eigenvalue weighted by atomic mass is 10.1. The second kappa shape index (κ2) is 8.71. The van der Waals surface area contributed by atoms with Crippen LogP contribution in [0.5, 0.6) is 0 Å². The number of carbonyl (C=O) groups is 1. The summed E-state index contributed by atoms with van der Waals surface area (Å²) in [6, 6.07) is 19.5. The van der Waals surface area contributed by atoms with Crippen molar-refractivity contribution >= 4 is 21.6 Å². The van der Waals surface area contributed by atoms with Gasteiger partial charge in [0.15, 0.2) is 0 Å². The zero-order valence-electron chi connectivity index (χ0n) is 17.6. The first-order valence-corrected chi connectivity index (χ1v) is 11.2. The highest BCUT2D eigenvalue weighted by Gasteiger charge is 2.20. The number of aryl methyl sites for hydroxylation is 3. The number of rotatable bonds is 6. The Morgan fingerprint density at radius 3 is 2.17 bits per heavy atom. The topological polar surface area (TPSA) is 75.3 Å². The fourth-order valence-electron chi connectivity index (χ4n) is 3.15. The predicted octanol–water partition coefficient (Wildman–Crippen LogP) is 4.90. The summed E-state index contributed by atoms with van der Waals surface area (Å²) >= 11 is 0. The van der Waals surface area contributed by atoms with Crippen LogP contribution in [0.3, 0.4) is 0 Å². The Morgan fingerprint density at radius 2 is 1.50 bits per heavy atom. The maximum absolute atomic E-state index is 13.0. The largest absolute Gasteiger partial charge is 0.346 e. The van der Waals surface area contributed by atoms with E-state index in [2.05, 4.69) is 10.0 Å². The predicted molar refractivity (Wildman–Crippen MR) is 120 cm³/mol. The van der Waals surface area contributed by atoms with E-state index < -0.39 is 10.0 Å². The molecule has 0 radical (unpaired) electrons. The number of carbonyl (C=O) groups excluding carboxylic acids is 1. The molecule has 0 aliphatic rings. The number of amides is 1. The molecule has 3 aromatic rings. The summed E-state index contributed by atoms with van der Waals surface area (Å²) in [6.07, 6.45) is 0. The van der Waals surface area contributed by atoms with Crippen molar-refractivity contribution in [2.75, 3.05) is 4.72 Å². The molecule has 0 saturated carbocycles. The molecular weight excluding hydrogens is 396 g/mol. The minimum Gasteiger partial charge on any atom is -0.346 e. The van der Waals surface area contributed by atoms with E-state index in [0.717, 1.165) is 16.7 Å². The van der Waals surface area contributed by atoms with Gasteiger partial charge in [-0.2, -0.15) is 0 Å². The molecule has 5 nitrogen and oxygen atoms in total. The van der Waals surface area contributed by atoms with E-state index in [9.17, 15) is 13.2 Å². The SMILES string of the molecule is Cc1ccc(NS(=O)(=O)c2cc(C(=O)N[C@H](C)c3ccccc3)ccc2C)cc1C. The average molecular weight is 423 g/mol. The van der Waals surface area contributed by atoms with Crippen LogP contribution in [0.25, 0.3) is 0 Å². The molecule has 30 heavy (non-hydrogen) atoms. The van der Waals surface area contributed by atoms with E-state index in [4.69, 9.17) is 0 Å². The molecule has 3 aromatic carbocycles. The van der Waals surface area contributed by atoms with Gasteiger partial charge in [0.1, 0.15) is 0 Å². The second-order valence-corrected chi connectivity index (χ2v) is 9.14. The first-order valence-electron chi connectivity index (χ1n) is 9.74. The van der Waals surface area contributed by atoms with Crippen LogP contribution in [0.15, 0.2) is 71.6 Å². The zero-order chi connectivity index (χ0) is 21.9. The zero-order valence-corrected chi connectivity index (χ0v) is 18.4. The molecule has 0 heterocycles. The fourth-order valence-corrected chi connectivity index (χ4v) is 4.47. The Hall–Kier alpha value is -3.12. The molecular formula is C24H26N2O3S. The smallest absolute Gasteiger partial charge is 0.262 e. The summed E-state index contributed by atoms with van der Waals surface area (Å²) in [5, 5.41) is 2.92. The van der Waals surface area contributed by atoms with E-state index in [1.54, 1.807) is 31.2 Å². The lowest BCUT2D eigenvalue weighted by Gasteiger charge is -2.16. The third-order valence-corrected chi connectivity index (χ3v) is 6.67. The van der Waals surface area contributed by atoms with E-state index in [0.29, 0.717) is 16.8 Å². The molecule has 0 spiro atoms. The normalized spacial score (nSPS) is 12.3. The van der Waals surface area contributed by atoms with Crippen molar-refractivity contribution in [3.63, 3.8) is 0 Å². The molecule has 1 amide bonds. The maximum atomic E-state index is 13.0. The third kappa shape index (κ3) is 4.89. The number of anilines is 1. The highest BCUT2D eigenvalue weighted by molar-refractivity contribution is 7.92. The van der Waals surface area contributed by atoms with Crippen molar-refractivity contribution in [3.8, 4) is 0 Å². The Kier molecular flexibility index (Phi) is 6.27. The van der Waals surface area contributed by atoms with Crippen LogP contribution >= 0.6 is 0 Å². The van der Waals surface area contributed by atoms with Crippen molar-refractivity contribution in [2.24, 2.45) is 0 Å². The second-order valence-electron chi connectivity index (χ2n) is 7.49. The molecule has 0 unspecified atom stereocenters. The van der Waals surface area contributed by atoms with Crippen LogP contribution in [-0.4, -0.2) is 14.3 Å². The van der Waals surface area contributed by atoms with Crippen molar-refractivity contribution < 1.29 is 13.2 Å². The van der Waals surface area contributed by atoms with Gasteiger partial charge < -0.3 is 5.32 Å². The number of hydrogen-bond acceptors (Lipinski definition) is 3. The molecule has 0 aliphatic heterocycles. The Labute approximate surface area is 178 Å². The van der Waals surface area contributed by atoms with Crippen molar-refractivity contribution in [2.45, 2.75) is 38.6 Å². The summed E-state index contributed by atoms with van der Waals surface area (Å²) in [7, 11) is -3.84. The quantitative estimate of drug-likeness (QED) is 0.593. The average Bonchev–Trinajstić information content (AvgIpc) is 2.71. The minimum absolute atomic E-state index is 0.0840. The van der Waals surface area contributed by atoms with Gasteiger partial charge in [0.2, 0.25) is 0 Å². The van der Waals surface area contributed by atoms with Gasteiger partial charge in [0.25, 0.3) is 15.9 Å². The number of nitrogens with one attached hydrogen (secondary N) is 2. The van der Waals surface area contributed by atoms with Gasteiger partial charge in [-0.1, -0.05) is 42.5 Å². The summed E-state index contributed by atoms with van der Waals surface area (Å²) in [4.78, 5) is 12.8. The molecule has 0 saturated heterocycles. The summed E-state index contributed by atoms with van der Waals surface area (Å²) < 4.78 is 28.6. The third-order valence-electron chi connectivity index (χ3n) is 5.15. The van der Waals surface area contributed by atoms with Crippen molar-refractivity contribution in [3.05, 3.63) is 94.5 Å². The van der Waals surface area contributed by atoms with E-state index in [-0.39, 0.29) is 16.8 Å². The lowest BCUT2D eigenvalue weighted by molar-refractivity contribution is 0.0939. The number of sulfonamides is 1. The lowest BCUT2D eigenvalue weighted by Crippen LogP contribution is -2.27. The van der Waals surface area contributed by atoms with Crippen LogP contribution in [0.2, 0.25) is 0 Å². The fraction of sp³-hybridized carbons (Fsp3) is 0.208. The van der Waals surface area contributed by atoms with Crippen LogP contribution < -0.4 is 10.0 Å². The van der Waals surface area contributed by atoms with Gasteiger partial charge in [0, 0.05) is 11.3 Å². The Bertz CT molecular complexity index is 1170. The number of benzene rings is 3. The van der Waals surface area contributed by atoms with E-state index >= 15 is 0 Å². The van der Waals surface area contributed by atoms with E-state index in [1.165, 1.54) is 6.07 Å². The Morgan fingerprint density at radius 1 is 0.833 bits per heavy atom. The first-order chi connectivity index (χ1) is 14.2. The van der Waals surface area contributed by atoms with Gasteiger partial charge in [-0.25, -0.2) is 8.42 Å². The van der Waals surface area contributed by atoms with Crippen LogP contribution in [0.4, 0.5) is 5.69 Å². The highest BCUT2D eigenvalue weighted by Crippen LogP contribution is 2.23. The van der Waals surface area contributed by atoms with Crippen molar-refractivity contribution in [1.82, 2.24) is 5.32 Å². The summed E-state index contributed by atoms with van der Waals surface area (Å²) in [5.41, 5.74) is 4.41. The van der Waals surface area contributed by atoms with Gasteiger partial charge in [-0.15, -0.1) is 0 Å². The number of hydrogen-bond donors (Lipinski definition) is 2. The molecule has 0 aliphatic carbocycles. The van der Waals surface area contributed by atoms with E-state index in [1.807, 2.05) is 57.2 Å². The van der Waals surface area contributed by atoms with Gasteiger partial charge in [-0.05, 0) is 74.2 Å². The van der Waals surface area contributed by atoms with Gasteiger partial charge in [-0.3, -0.25) is 9.52 Å². The van der Waals surface area contributed by atoms with Gasteiger partial charge >= 0.3 is 0 Å². The molecule has 0 fully saturated rings. The van der Waals surface area contributed by atoms with Gasteiger partial charge in [0.05, 0.1) is 10.9 Å². The standard InChI is InChI=1S/C24H26N2O3S/c1-16-11-13-22(14-18(16)3)26-30(28,29)23-15-21(12-10-17(23)2)24(27)25-19(4)20-8-6-5-7-9-20/h5-15,19,26H,1-4H3,(H,25,27)/t19-/m1/s1. The Balaban J connectivity index is 1.84. The molecule has 0 bridgehead atoms. The maximum Gasteiger partial charge on any atom is 0.262 e. The monoisotopic (exact) mass is 422 g/mol. The minimum atomic E-state index is -3.84. The van der Waals surface area contributed by atoms with Crippen LogP contribution in [-0.2, 0) is 10.0 Å². The molecule has 156 valence electrons.